The van der Waals surface area contributed by atoms with Crippen LogP contribution in [0.1, 0.15) is 52.7 Å². The number of likely N-dealkylation sites (tertiary alicyclic amines) is 1. The molecule has 1 aliphatic heterocycles. The van der Waals surface area contributed by atoms with Crippen molar-refractivity contribution in [3.63, 3.8) is 0 Å². The highest BCUT2D eigenvalue weighted by Crippen LogP contribution is 2.23. The fourth-order valence-corrected chi connectivity index (χ4v) is 6.56. The summed E-state index contributed by atoms with van der Waals surface area (Å²) in [6.07, 6.45) is 5.19. The number of sulfonamides is 1. The summed E-state index contributed by atoms with van der Waals surface area (Å²) < 4.78 is 23.3. The predicted octanol–water partition coefficient (Wildman–Crippen LogP) is 5.32. The van der Waals surface area contributed by atoms with Crippen molar-refractivity contribution in [1.82, 2.24) is 15.5 Å². The molecule has 2 amide bonds. The molecule has 246 valence electrons. The number of rotatable bonds is 15. The maximum atomic E-state index is 13.5. The molecule has 0 bridgehead atoms. The second-order valence-electron chi connectivity index (χ2n) is 12.3. The third kappa shape index (κ3) is 10.3. The maximum absolute atomic E-state index is 13.5. The molecule has 0 saturated carbocycles. The zero-order chi connectivity index (χ0) is 33.1. The highest BCUT2D eigenvalue weighted by atomic mass is 32.2. The Bertz CT molecular complexity index is 1740. The predicted molar refractivity (Wildman–Crippen MR) is 186 cm³/mol. The van der Waals surface area contributed by atoms with E-state index in [-0.39, 0.29) is 22.6 Å². The lowest BCUT2D eigenvalue weighted by Gasteiger charge is -2.18. The van der Waals surface area contributed by atoms with Crippen LogP contribution in [-0.2, 0) is 34.2 Å². The van der Waals surface area contributed by atoms with E-state index in [1.54, 1.807) is 12.1 Å². The molecule has 0 aromatic heterocycles. The summed E-state index contributed by atoms with van der Waals surface area (Å²) in [6, 6.07) is 32.3. The van der Waals surface area contributed by atoms with E-state index in [4.69, 9.17) is 5.14 Å². The molecule has 47 heavy (non-hydrogen) atoms. The SMILES string of the molecule is NS(=O)(=O)c1ccc(CCC(CCc2ccccc2)C(=O)NCc2cccc(-c3cccc(C(=O)NCCN4CCCC4)c3)c2)cc1. The van der Waals surface area contributed by atoms with Crippen molar-refractivity contribution in [3.05, 3.63) is 125 Å². The minimum absolute atomic E-state index is 0.0138. The van der Waals surface area contributed by atoms with E-state index in [0.717, 1.165) is 48.3 Å². The molecule has 1 saturated heterocycles. The summed E-state index contributed by atoms with van der Waals surface area (Å²) in [4.78, 5) is 28.8. The van der Waals surface area contributed by atoms with Gasteiger partial charge in [0.1, 0.15) is 0 Å². The van der Waals surface area contributed by atoms with E-state index in [1.807, 2.05) is 60.7 Å². The van der Waals surface area contributed by atoms with Crippen LogP contribution in [0.25, 0.3) is 11.1 Å². The Hall–Kier alpha value is -4.31. The van der Waals surface area contributed by atoms with E-state index >= 15 is 0 Å². The molecule has 1 fully saturated rings. The molecular formula is C38H44N4O4S. The molecule has 0 spiro atoms. The number of aryl methyl sites for hydroxylation is 2. The first-order valence-electron chi connectivity index (χ1n) is 16.4. The molecule has 0 aliphatic carbocycles. The van der Waals surface area contributed by atoms with Crippen LogP contribution in [0.4, 0.5) is 0 Å². The molecule has 1 atom stereocenters. The average molecular weight is 653 g/mol. The van der Waals surface area contributed by atoms with Gasteiger partial charge in [0.25, 0.3) is 5.91 Å². The van der Waals surface area contributed by atoms with E-state index in [9.17, 15) is 18.0 Å². The highest BCUT2D eigenvalue weighted by Gasteiger charge is 2.19. The summed E-state index contributed by atoms with van der Waals surface area (Å²) in [5.74, 6) is -0.312. The van der Waals surface area contributed by atoms with Crippen LogP contribution in [0.3, 0.4) is 0 Å². The van der Waals surface area contributed by atoms with Crippen LogP contribution in [0.2, 0.25) is 0 Å². The lowest BCUT2D eigenvalue weighted by molar-refractivity contribution is -0.125. The number of carbonyl (C=O) groups excluding carboxylic acids is 2. The number of primary sulfonamides is 1. The first kappa shape index (κ1) is 34.0. The Morgan fingerprint density at radius 2 is 1.34 bits per heavy atom. The topological polar surface area (TPSA) is 122 Å². The van der Waals surface area contributed by atoms with Crippen molar-refractivity contribution in [1.29, 1.82) is 0 Å². The van der Waals surface area contributed by atoms with Gasteiger partial charge in [0.05, 0.1) is 4.90 Å². The number of hydrogen-bond donors (Lipinski definition) is 3. The van der Waals surface area contributed by atoms with Crippen molar-refractivity contribution in [2.45, 2.75) is 50.0 Å². The Kier molecular flexibility index (Phi) is 11.9. The molecule has 1 heterocycles. The lowest BCUT2D eigenvalue weighted by atomic mass is 9.92. The van der Waals surface area contributed by atoms with Gasteiger partial charge in [-0.15, -0.1) is 0 Å². The van der Waals surface area contributed by atoms with Gasteiger partial charge in [0, 0.05) is 31.1 Å². The van der Waals surface area contributed by atoms with Crippen LogP contribution < -0.4 is 15.8 Å². The molecule has 4 aromatic carbocycles. The molecule has 4 N–H and O–H groups in total. The average Bonchev–Trinajstić information content (AvgIpc) is 3.61. The number of benzene rings is 4. The van der Waals surface area contributed by atoms with Crippen molar-refractivity contribution in [3.8, 4) is 11.1 Å². The third-order valence-corrected chi connectivity index (χ3v) is 9.72. The number of nitrogens with zero attached hydrogens (tertiary/aromatic N) is 1. The summed E-state index contributed by atoms with van der Waals surface area (Å²) >= 11 is 0. The fourth-order valence-electron chi connectivity index (χ4n) is 6.05. The Balaban J connectivity index is 1.20. The molecule has 1 unspecified atom stereocenters. The Morgan fingerprint density at radius 1 is 0.723 bits per heavy atom. The molecule has 5 rings (SSSR count). The van der Waals surface area contributed by atoms with Crippen LogP contribution in [0.15, 0.2) is 108 Å². The number of nitrogens with two attached hydrogens (primary N) is 1. The number of nitrogens with one attached hydrogen (secondary N) is 2. The quantitative estimate of drug-likeness (QED) is 0.160. The first-order valence-corrected chi connectivity index (χ1v) is 17.9. The maximum Gasteiger partial charge on any atom is 0.251 e. The standard InChI is InChI=1S/C38H44N4O4S/c39-47(45,46)36-20-16-30(17-21-36)15-19-32(18-14-29-8-2-1-3-9-29)37(43)41-28-31-10-6-11-33(26-31)34-12-7-13-35(27-34)38(44)40-22-25-42-23-4-5-24-42/h1-3,6-13,16-17,20-21,26-27,32H,4-5,14-15,18-19,22-25,28H2,(H,40,44)(H,41,43)(H2,39,45,46). The summed E-state index contributed by atoms with van der Waals surface area (Å²) in [6.45, 7) is 4.11. The van der Waals surface area contributed by atoms with Gasteiger partial charge < -0.3 is 15.5 Å². The monoisotopic (exact) mass is 652 g/mol. The van der Waals surface area contributed by atoms with Gasteiger partial charge in [-0.25, -0.2) is 13.6 Å². The summed E-state index contributed by atoms with van der Waals surface area (Å²) in [5, 5.41) is 11.4. The first-order chi connectivity index (χ1) is 22.7. The van der Waals surface area contributed by atoms with Gasteiger partial charge in [-0.3, -0.25) is 9.59 Å². The van der Waals surface area contributed by atoms with Gasteiger partial charge in [-0.2, -0.15) is 0 Å². The van der Waals surface area contributed by atoms with Crippen molar-refractivity contribution < 1.29 is 18.0 Å². The number of amides is 2. The van der Waals surface area contributed by atoms with E-state index in [0.29, 0.717) is 37.9 Å². The Morgan fingerprint density at radius 3 is 2.02 bits per heavy atom. The summed E-state index contributed by atoms with van der Waals surface area (Å²) in [7, 11) is -3.75. The van der Waals surface area contributed by atoms with Gasteiger partial charge in [-0.05, 0) is 110 Å². The van der Waals surface area contributed by atoms with Crippen LogP contribution in [0, 0.1) is 5.92 Å². The third-order valence-electron chi connectivity index (χ3n) is 8.79. The zero-order valence-electron chi connectivity index (χ0n) is 26.7. The minimum atomic E-state index is -3.75. The minimum Gasteiger partial charge on any atom is -0.352 e. The summed E-state index contributed by atoms with van der Waals surface area (Å²) in [5.41, 5.74) is 5.65. The zero-order valence-corrected chi connectivity index (χ0v) is 27.6. The molecule has 4 aromatic rings. The fraction of sp³-hybridized carbons (Fsp3) is 0.316. The van der Waals surface area contributed by atoms with E-state index < -0.39 is 10.0 Å². The van der Waals surface area contributed by atoms with Gasteiger partial charge in [0.15, 0.2) is 0 Å². The number of carbonyl (C=O) groups is 2. The van der Waals surface area contributed by atoms with Gasteiger partial charge in [0.2, 0.25) is 15.9 Å². The Labute approximate surface area is 278 Å². The van der Waals surface area contributed by atoms with Crippen LogP contribution in [-0.4, -0.2) is 51.3 Å². The van der Waals surface area contributed by atoms with E-state index in [2.05, 4.69) is 33.7 Å². The second kappa shape index (κ2) is 16.5. The van der Waals surface area contributed by atoms with Crippen molar-refractivity contribution >= 4 is 21.8 Å². The van der Waals surface area contributed by atoms with Gasteiger partial charge >= 0.3 is 0 Å². The smallest absolute Gasteiger partial charge is 0.251 e. The molecular weight excluding hydrogens is 609 g/mol. The molecule has 8 nitrogen and oxygen atoms in total. The molecule has 1 aliphatic rings. The van der Waals surface area contributed by atoms with Gasteiger partial charge in [-0.1, -0.05) is 72.8 Å². The highest BCUT2D eigenvalue weighted by molar-refractivity contribution is 7.89. The number of hydrogen-bond acceptors (Lipinski definition) is 5. The normalized spacial score (nSPS) is 14.1. The van der Waals surface area contributed by atoms with E-state index in [1.165, 1.54) is 30.5 Å². The molecule has 0 radical (unpaired) electrons. The van der Waals surface area contributed by atoms with Crippen molar-refractivity contribution in [2.75, 3.05) is 26.2 Å². The van der Waals surface area contributed by atoms with Crippen LogP contribution >= 0.6 is 0 Å². The molecule has 9 heteroatoms. The van der Waals surface area contributed by atoms with Crippen molar-refractivity contribution in [2.24, 2.45) is 11.1 Å². The lowest BCUT2D eigenvalue weighted by Crippen LogP contribution is -2.33. The van der Waals surface area contributed by atoms with Crippen LogP contribution in [0.5, 0.6) is 0 Å². The largest absolute Gasteiger partial charge is 0.352 e. The second-order valence-corrected chi connectivity index (χ2v) is 13.8.